The first-order valence-electron chi connectivity index (χ1n) is 11.2. The topological polar surface area (TPSA) is 168 Å². The summed E-state index contributed by atoms with van der Waals surface area (Å²) in [7, 11) is 0. The van der Waals surface area contributed by atoms with Gasteiger partial charge in [0.15, 0.2) is 0 Å². The number of aromatic hydroxyl groups is 1. The summed E-state index contributed by atoms with van der Waals surface area (Å²) < 4.78 is 5.26. The van der Waals surface area contributed by atoms with Gasteiger partial charge in [0, 0.05) is 12.3 Å². The number of aliphatic hydroxyl groups is 4. The van der Waals surface area contributed by atoms with Crippen LogP contribution in [0.5, 0.6) is 5.75 Å². The van der Waals surface area contributed by atoms with Crippen LogP contribution in [0.15, 0.2) is 24.3 Å². The Morgan fingerprint density at radius 3 is 2.45 bits per heavy atom. The Balaban J connectivity index is 2.24. The van der Waals surface area contributed by atoms with Gasteiger partial charge in [0.1, 0.15) is 29.3 Å². The maximum atomic E-state index is 13.0. The molecule has 0 aromatic heterocycles. The van der Waals surface area contributed by atoms with Crippen molar-refractivity contribution in [2.75, 3.05) is 19.8 Å². The molecular weight excluding hydrogens is 434 g/mol. The van der Waals surface area contributed by atoms with Crippen LogP contribution >= 0.6 is 0 Å². The SMILES string of the molecule is CCCCOC(=O)[C@@H](CC(=O)[C@@H](C)Cc1ccc(O)cc1)[C@@H]1[C@@H](O)[C@@](O)(CO)[C@H](O)CN1O. The van der Waals surface area contributed by atoms with E-state index in [0.717, 1.165) is 12.0 Å². The van der Waals surface area contributed by atoms with E-state index in [1.54, 1.807) is 19.1 Å². The molecule has 0 unspecified atom stereocenters. The van der Waals surface area contributed by atoms with Gasteiger partial charge in [0.05, 0.1) is 31.7 Å². The third-order valence-electron chi connectivity index (χ3n) is 6.28. The number of phenolic OH excluding ortho intramolecular Hbond substituents is 1. The van der Waals surface area contributed by atoms with E-state index < -0.39 is 54.8 Å². The fraction of sp³-hybridized carbons (Fsp3) is 0.652. The molecule has 1 aliphatic rings. The van der Waals surface area contributed by atoms with E-state index in [1.165, 1.54) is 12.1 Å². The predicted octanol–water partition coefficient (Wildman–Crippen LogP) is 0.00810. The van der Waals surface area contributed by atoms with Gasteiger partial charge in [-0.25, -0.2) is 0 Å². The fourth-order valence-corrected chi connectivity index (χ4v) is 4.02. The number of Topliss-reactive ketones (excluding diaryl/α,β-unsaturated/α-hetero) is 1. The minimum absolute atomic E-state index is 0.0875. The lowest BCUT2D eigenvalue weighted by molar-refractivity contribution is -0.286. The second-order valence-corrected chi connectivity index (χ2v) is 8.79. The van der Waals surface area contributed by atoms with Gasteiger partial charge in [-0.1, -0.05) is 32.4 Å². The van der Waals surface area contributed by atoms with Gasteiger partial charge in [0.2, 0.25) is 0 Å². The van der Waals surface area contributed by atoms with Crippen molar-refractivity contribution in [2.24, 2.45) is 11.8 Å². The molecule has 0 radical (unpaired) electrons. The number of hydrogen-bond acceptors (Lipinski definition) is 10. The zero-order valence-electron chi connectivity index (χ0n) is 19.0. The van der Waals surface area contributed by atoms with Crippen LogP contribution in [0.1, 0.15) is 38.7 Å². The quantitative estimate of drug-likeness (QED) is 0.192. The number of unbranched alkanes of at least 4 members (excludes halogenated alkanes) is 1. The second kappa shape index (κ2) is 11.9. The van der Waals surface area contributed by atoms with Gasteiger partial charge in [-0.05, 0) is 30.5 Å². The van der Waals surface area contributed by atoms with Crippen LogP contribution in [0.4, 0.5) is 0 Å². The number of β-amino-alcohol motifs (C(OH)–C–C–N with tert-alkyl or cyclic N) is 1. The minimum Gasteiger partial charge on any atom is -0.508 e. The van der Waals surface area contributed by atoms with Gasteiger partial charge >= 0.3 is 5.97 Å². The highest BCUT2D eigenvalue weighted by Gasteiger charge is 2.56. The maximum Gasteiger partial charge on any atom is 0.311 e. The van der Waals surface area contributed by atoms with Gasteiger partial charge in [-0.3, -0.25) is 9.59 Å². The van der Waals surface area contributed by atoms with E-state index in [0.29, 0.717) is 17.9 Å². The Morgan fingerprint density at radius 1 is 1.24 bits per heavy atom. The van der Waals surface area contributed by atoms with Crippen molar-refractivity contribution in [1.82, 2.24) is 5.06 Å². The number of ketones is 1. The van der Waals surface area contributed by atoms with E-state index in [2.05, 4.69) is 0 Å². The Bertz CT molecular complexity index is 787. The normalized spacial score (nSPS) is 27.7. The van der Waals surface area contributed by atoms with E-state index in [4.69, 9.17) is 4.74 Å². The lowest BCUT2D eigenvalue weighted by Gasteiger charge is -2.49. The molecule has 6 atom stereocenters. The molecule has 1 aromatic rings. The molecule has 6 N–H and O–H groups in total. The highest BCUT2D eigenvalue weighted by Crippen LogP contribution is 2.33. The molecule has 0 aliphatic carbocycles. The van der Waals surface area contributed by atoms with Crippen LogP contribution < -0.4 is 0 Å². The number of hydrogen-bond donors (Lipinski definition) is 6. The van der Waals surface area contributed by atoms with Gasteiger partial charge in [-0.2, -0.15) is 5.06 Å². The zero-order valence-corrected chi connectivity index (χ0v) is 19.0. The average Bonchev–Trinajstić information content (AvgIpc) is 2.78. The number of hydroxylamine groups is 2. The summed E-state index contributed by atoms with van der Waals surface area (Å²) in [4.78, 5) is 25.9. The molecule has 33 heavy (non-hydrogen) atoms. The number of piperidine rings is 1. The second-order valence-electron chi connectivity index (χ2n) is 8.79. The van der Waals surface area contributed by atoms with Crippen molar-refractivity contribution >= 4 is 11.8 Å². The number of benzene rings is 1. The Hall–Kier alpha value is -2.08. The number of carbonyl (C=O) groups is 2. The standard InChI is InChI=1S/C23H35NO9/c1-3-4-9-33-22(30)17(20-21(29)23(31,13-25)19(28)12-24(20)32)11-18(27)14(2)10-15-5-7-16(26)8-6-15/h5-8,14,17,19-21,25-26,28-29,31-32H,3-4,9-13H2,1-2H3/t14-,17-,19+,20+,21+,23+/m0/s1. The largest absolute Gasteiger partial charge is 0.508 e. The number of rotatable bonds is 11. The van der Waals surface area contributed by atoms with Crippen molar-refractivity contribution in [1.29, 1.82) is 0 Å². The van der Waals surface area contributed by atoms with Gasteiger partial charge in [-0.15, -0.1) is 0 Å². The van der Waals surface area contributed by atoms with Crippen molar-refractivity contribution in [2.45, 2.75) is 63.4 Å². The molecule has 1 heterocycles. The van der Waals surface area contributed by atoms with Gasteiger partial charge < -0.3 is 35.5 Å². The molecule has 0 bridgehead atoms. The van der Waals surface area contributed by atoms with E-state index in [9.17, 15) is 40.3 Å². The van der Waals surface area contributed by atoms with Crippen LogP contribution in [0.25, 0.3) is 0 Å². The monoisotopic (exact) mass is 469 g/mol. The molecule has 1 saturated heterocycles. The van der Waals surface area contributed by atoms with Crippen molar-refractivity contribution < 1.29 is 45.1 Å². The molecule has 186 valence electrons. The number of nitrogens with zero attached hydrogens (tertiary/aromatic N) is 1. The highest BCUT2D eigenvalue weighted by molar-refractivity contribution is 5.86. The number of aliphatic hydroxyl groups excluding tert-OH is 3. The van der Waals surface area contributed by atoms with Crippen LogP contribution in [0, 0.1) is 11.8 Å². The first-order chi connectivity index (χ1) is 15.5. The molecule has 2 rings (SSSR count). The molecule has 0 saturated carbocycles. The Labute approximate surface area is 193 Å². The lowest BCUT2D eigenvalue weighted by Crippen LogP contribution is -2.71. The molecule has 10 heteroatoms. The van der Waals surface area contributed by atoms with E-state index in [1.807, 2.05) is 6.92 Å². The molecule has 1 aliphatic heterocycles. The average molecular weight is 470 g/mol. The summed E-state index contributed by atoms with van der Waals surface area (Å²) in [6, 6.07) is 4.88. The zero-order chi connectivity index (χ0) is 24.8. The smallest absolute Gasteiger partial charge is 0.311 e. The summed E-state index contributed by atoms with van der Waals surface area (Å²) >= 11 is 0. The third-order valence-corrected chi connectivity index (χ3v) is 6.28. The Kier molecular flexibility index (Phi) is 9.77. The summed E-state index contributed by atoms with van der Waals surface area (Å²) in [5.74, 6) is -2.94. The number of esters is 1. The van der Waals surface area contributed by atoms with E-state index >= 15 is 0 Å². The van der Waals surface area contributed by atoms with E-state index in [-0.39, 0.29) is 24.6 Å². The summed E-state index contributed by atoms with van der Waals surface area (Å²) in [6.07, 6.45) is -2.32. The maximum absolute atomic E-state index is 13.0. The molecular formula is C23H35NO9. The van der Waals surface area contributed by atoms with Crippen molar-refractivity contribution in [3.05, 3.63) is 29.8 Å². The van der Waals surface area contributed by atoms with Crippen LogP contribution in [0.2, 0.25) is 0 Å². The highest BCUT2D eigenvalue weighted by atomic mass is 16.5. The summed E-state index contributed by atoms with van der Waals surface area (Å²) in [5.41, 5.74) is -1.58. The fourth-order valence-electron chi connectivity index (χ4n) is 4.02. The number of phenols is 1. The molecule has 0 spiro atoms. The number of carbonyl (C=O) groups excluding carboxylic acids is 2. The Morgan fingerprint density at radius 2 is 1.88 bits per heavy atom. The van der Waals surface area contributed by atoms with Crippen LogP contribution in [-0.4, -0.2) is 91.2 Å². The summed E-state index contributed by atoms with van der Waals surface area (Å²) in [5, 5.41) is 61.3. The summed E-state index contributed by atoms with van der Waals surface area (Å²) in [6.45, 7) is 2.11. The number of ether oxygens (including phenoxy) is 1. The first-order valence-corrected chi connectivity index (χ1v) is 11.2. The van der Waals surface area contributed by atoms with Crippen molar-refractivity contribution in [3.8, 4) is 5.75 Å². The minimum atomic E-state index is -2.38. The first kappa shape index (κ1) is 27.2. The van der Waals surface area contributed by atoms with Gasteiger partial charge in [0.25, 0.3) is 0 Å². The molecule has 1 aromatic carbocycles. The molecule has 10 nitrogen and oxygen atoms in total. The predicted molar refractivity (Wildman–Crippen MR) is 116 cm³/mol. The van der Waals surface area contributed by atoms with Crippen LogP contribution in [-0.2, 0) is 20.7 Å². The third kappa shape index (κ3) is 6.50. The molecule has 0 amide bonds. The van der Waals surface area contributed by atoms with Crippen LogP contribution in [0.3, 0.4) is 0 Å². The lowest BCUT2D eigenvalue weighted by atomic mass is 9.75. The molecule has 1 fully saturated rings. The van der Waals surface area contributed by atoms with Crippen molar-refractivity contribution in [3.63, 3.8) is 0 Å².